The summed E-state index contributed by atoms with van der Waals surface area (Å²) >= 11 is 0. The van der Waals surface area contributed by atoms with Gasteiger partial charge in [-0.05, 0) is 23.2 Å². The predicted molar refractivity (Wildman–Crippen MR) is 65.8 cm³/mol. The lowest BCUT2D eigenvalue weighted by atomic mass is 10.0. The van der Waals surface area contributed by atoms with E-state index >= 15 is 0 Å². The van der Waals surface area contributed by atoms with E-state index in [9.17, 15) is 5.11 Å². The average Bonchev–Trinajstić information content (AvgIpc) is 2.51. The molecule has 0 spiro atoms. The number of hydrogen-bond acceptors (Lipinski definition) is 1. The molecular weight excluding hydrogens is 184 g/mol. The van der Waals surface area contributed by atoms with Gasteiger partial charge in [-0.15, -0.1) is 0 Å². The molecule has 0 aromatic rings. The SMILES string of the molecule is CCCCCCC(O)C1C(C)(C)C1(C)C. The molecule has 1 fully saturated rings. The Morgan fingerprint density at radius 1 is 1.00 bits per heavy atom. The molecule has 1 nitrogen and oxygen atoms in total. The van der Waals surface area contributed by atoms with Gasteiger partial charge in [0.2, 0.25) is 0 Å². The van der Waals surface area contributed by atoms with Crippen LogP contribution < -0.4 is 0 Å². The molecule has 1 saturated carbocycles. The number of aliphatic hydroxyl groups is 1. The maximum absolute atomic E-state index is 10.2. The van der Waals surface area contributed by atoms with E-state index in [-0.39, 0.29) is 6.10 Å². The lowest BCUT2D eigenvalue weighted by Crippen LogP contribution is -2.14. The lowest BCUT2D eigenvalue weighted by molar-refractivity contribution is 0.117. The zero-order chi connectivity index (χ0) is 11.7. The third kappa shape index (κ3) is 2.38. The summed E-state index contributed by atoms with van der Waals surface area (Å²) in [6.07, 6.45) is 5.98. The number of hydrogen-bond donors (Lipinski definition) is 1. The largest absolute Gasteiger partial charge is 0.393 e. The van der Waals surface area contributed by atoms with Gasteiger partial charge < -0.3 is 5.11 Å². The molecule has 0 heterocycles. The van der Waals surface area contributed by atoms with Gasteiger partial charge in [-0.3, -0.25) is 0 Å². The van der Waals surface area contributed by atoms with Gasteiger partial charge in [0.15, 0.2) is 0 Å². The second-order valence-electron chi connectivity index (χ2n) is 6.34. The molecule has 1 unspecified atom stereocenters. The lowest BCUT2D eigenvalue weighted by Gasteiger charge is -2.12. The Hall–Kier alpha value is -0.0400. The minimum atomic E-state index is -0.0770. The molecule has 1 rings (SSSR count). The summed E-state index contributed by atoms with van der Waals surface area (Å²) in [5.41, 5.74) is 0.661. The first-order chi connectivity index (χ1) is 6.85. The first kappa shape index (κ1) is 13.0. The van der Waals surface area contributed by atoms with E-state index in [1.54, 1.807) is 0 Å². The molecule has 1 atom stereocenters. The Morgan fingerprint density at radius 3 is 1.93 bits per heavy atom. The minimum absolute atomic E-state index is 0.0770. The molecule has 15 heavy (non-hydrogen) atoms. The molecule has 0 aromatic carbocycles. The van der Waals surface area contributed by atoms with Crippen molar-refractivity contribution in [2.45, 2.75) is 72.8 Å². The van der Waals surface area contributed by atoms with E-state index in [1.165, 1.54) is 25.7 Å². The van der Waals surface area contributed by atoms with Gasteiger partial charge in [0, 0.05) is 0 Å². The third-order valence-electron chi connectivity index (χ3n) is 4.87. The first-order valence-corrected chi connectivity index (χ1v) is 6.53. The minimum Gasteiger partial charge on any atom is -0.393 e. The van der Waals surface area contributed by atoms with Crippen molar-refractivity contribution >= 4 is 0 Å². The van der Waals surface area contributed by atoms with E-state index in [2.05, 4.69) is 34.6 Å². The van der Waals surface area contributed by atoms with Crippen molar-refractivity contribution in [3.63, 3.8) is 0 Å². The van der Waals surface area contributed by atoms with Crippen molar-refractivity contribution < 1.29 is 5.11 Å². The van der Waals surface area contributed by atoms with Crippen molar-refractivity contribution in [1.29, 1.82) is 0 Å². The van der Waals surface area contributed by atoms with Gasteiger partial charge in [-0.25, -0.2) is 0 Å². The number of unbranched alkanes of at least 4 members (excludes halogenated alkanes) is 3. The van der Waals surface area contributed by atoms with Crippen molar-refractivity contribution in [1.82, 2.24) is 0 Å². The summed E-state index contributed by atoms with van der Waals surface area (Å²) in [5, 5.41) is 10.2. The summed E-state index contributed by atoms with van der Waals surface area (Å²) in [7, 11) is 0. The Labute approximate surface area is 95.3 Å². The summed E-state index contributed by atoms with van der Waals surface area (Å²) in [4.78, 5) is 0. The highest BCUT2D eigenvalue weighted by Gasteiger charge is 2.66. The van der Waals surface area contributed by atoms with Crippen LogP contribution in [0.25, 0.3) is 0 Å². The summed E-state index contributed by atoms with van der Waals surface area (Å²) < 4.78 is 0. The summed E-state index contributed by atoms with van der Waals surface area (Å²) in [6.45, 7) is 11.4. The van der Waals surface area contributed by atoms with Crippen LogP contribution in [-0.2, 0) is 0 Å². The van der Waals surface area contributed by atoms with Gasteiger partial charge in [0.05, 0.1) is 6.10 Å². The third-order valence-corrected chi connectivity index (χ3v) is 4.87. The van der Waals surface area contributed by atoms with Crippen LogP contribution in [0.4, 0.5) is 0 Å². The first-order valence-electron chi connectivity index (χ1n) is 6.53. The molecule has 0 saturated heterocycles. The molecule has 90 valence electrons. The van der Waals surface area contributed by atoms with Crippen LogP contribution in [0.2, 0.25) is 0 Å². The molecule has 0 aromatic heterocycles. The quantitative estimate of drug-likeness (QED) is 0.660. The standard InChI is InChI=1S/C14H28O/c1-6-7-8-9-10-11(15)12-13(2,3)14(12,4)5/h11-12,15H,6-10H2,1-5H3. The van der Waals surface area contributed by atoms with Gasteiger partial charge in [-0.1, -0.05) is 60.3 Å². The summed E-state index contributed by atoms with van der Waals surface area (Å²) in [6, 6.07) is 0. The fraction of sp³-hybridized carbons (Fsp3) is 1.00. The monoisotopic (exact) mass is 212 g/mol. The smallest absolute Gasteiger partial charge is 0.0579 e. The Bertz CT molecular complexity index is 191. The second-order valence-corrected chi connectivity index (χ2v) is 6.34. The fourth-order valence-electron chi connectivity index (χ4n) is 3.16. The van der Waals surface area contributed by atoms with E-state index in [0.29, 0.717) is 16.7 Å². The Balaban J connectivity index is 2.28. The van der Waals surface area contributed by atoms with Crippen LogP contribution in [0.1, 0.15) is 66.7 Å². The van der Waals surface area contributed by atoms with Crippen molar-refractivity contribution in [3.8, 4) is 0 Å². The van der Waals surface area contributed by atoms with Crippen LogP contribution in [0.15, 0.2) is 0 Å². The molecule has 0 aliphatic heterocycles. The van der Waals surface area contributed by atoms with Gasteiger partial charge in [-0.2, -0.15) is 0 Å². The van der Waals surface area contributed by atoms with Crippen LogP contribution >= 0.6 is 0 Å². The van der Waals surface area contributed by atoms with Crippen LogP contribution in [0, 0.1) is 16.7 Å². The molecule has 0 radical (unpaired) electrons. The summed E-state index contributed by atoms with van der Waals surface area (Å²) in [5.74, 6) is 0.506. The van der Waals surface area contributed by atoms with Crippen molar-refractivity contribution in [3.05, 3.63) is 0 Å². The van der Waals surface area contributed by atoms with E-state index in [1.807, 2.05) is 0 Å². The highest BCUT2D eigenvalue weighted by Crippen LogP contribution is 2.70. The predicted octanol–water partition coefficient (Wildman–Crippen LogP) is 4.00. The molecule has 1 aliphatic carbocycles. The van der Waals surface area contributed by atoms with Gasteiger partial charge >= 0.3 is 0 Å². The van der Waals surface area contributed by atoms with Crippen LogP contribution in [-0.4, -0.2) is 11.2 Å². The zero-order valence-electron chi connectivity index (χ0n) is 11.1. The number of rotatable bonds is 6. The Kier molecular flexibility index (Phi) is 3.86. The van der Waals surface area contributed by atoms with Gasteiger partial charge in [0.25, 0.3) is 0 Å². The number of aliphatic hydroxyl groups excluding tert-OH is 1. The fourth-order valence-corrected chi connectivity index (χ4v) is 3.16. The average molecular weight is 212 g/mol. The van der Waals surface area contributed by atoms with Gasteiger partial charge in [0.1, 0.15) is 0 Å². The topological polar surface area (TPSA) is 20.2 Å². The van der Waals surface area contributed by atoms with Crippen LogP contribution in [0.5, 0.6) is 0 Å². The molecule has 0 bridgehead atoms. The van der Waals surface area contributed by atoms with E-state index in [0.717, 1.165) is 6.42 Å². The van der Waals surface area contributed by atoms with E-state index < -0.39 is 0 Å². The maximum atomic E-state index is 10.2. The molecule has 1 aliphatic rings. The van der Waals surface area contributed by atoms with Crippen LogP contribution in [0.3, 0.4) is 0 Å². The normalized spacial score (nSPS) is 25.2. The molecular formula is C14H28O. The maximum Gasteiger partial charge on any atom is 0.0579 e. The highest BCUT2D eigenvalue weighted by molar-refractivity contribution is 5.14. The molecule has 1 heteroatoms. The van der Waals surface area contributed by atoms with Crippen molar-refractivity contribution in [2.75, 3.05) is 0 Å². The second kappa shape index (κ2) is 4.45. The van der Waals surface area contributed by atoms with E-state index in [4.69, 9.17) is 0 Å². The van der Waals surface area contributed by atoms with Crippen molar-refractivity contribution in [2.24, 2.45) is 16.7 Å². The zero-order valence-corrected chi connectivity index (χ0v) is 11.1. The Morgan fingerprint density at radius 2 is 1.53 bits per heavy atom. The highest BCUT2D eigenvalue weighted by atomic mass is 16.3. The molecule has 1 N–H and O–H groups in total. The molecule has 0 amide bonds.